The maximum Gasteiger partial charge on any atom is 0.312 e. The molecule has 0 atom stereocenters. The smallest absolute Gasteiger partial charge is 0.312 e. The number of hydrogen-bond acceptors (Lipinski definition) is 19. The van der Waals surface area contributed by atoms with Gasteiger partial charge in [-0.2, -0.15) is 0 Å². The van der Waals surface area contributed by atoms with Crippen molar-refractivity contribution in [3.05, 3.63) is 220 Å². The molecule has 4 aromatic heterocycles. The number of aromatic amines is 1. The van der Waals surface area contributed by atoms with E-state index in [1.54, 1.807) is 98.8 Å². The van der Waals surface area contributed by atoms with Crippen LogP contribution in [0.3, 0.4) is 0 Å². The lowest BCUT2D eigenvalue weighted by molar-refractivity contribution is -0.150. The largest absolute Gasteiger partial charge is 0.466 e. The van der Waals surface area contributed by atoms with Gasteiger partial charge in [0.1, 0.15) is 27.8 Å². The highest BCUT2D eigenvalue weighted by atomic mass is 35.5. The van der Waals surface area contributed by atoms with Crippen molar-refractivity contribution < 1.29 is 42.9 Å². The molecule has 2 saturated carbocycles. The summed E-state index contributed by atoms with van der Waals surface area (Å²) in [4.78, 5) is 95.5. The van der Waals surface area contributed by atoms with Gasteiger partial charge in [-0.1, -0.05) is 88.1 Å². The number of aromatic nitrogens is 8. The maximum atomic E-state index is 12.5. The minimum Gasteiger partial charge on any atom is -0.466 e. The topological polar surface area (TPSA) is 291 Å². The van der Waals surface area contributed by atoms with Gasteiger partial charge in [-0.15, -0.1) is 12.4 Å². The first-order valence-corrected chi connectivity index (χ1v) is 37.8. The first-order chi connectivity index (χ1) is 51.4. The Balaban J connectivity index is 0.000000194. The number of ether oxygens (including phenoxy) is 5. The van der Waals surface area contributed by atoms with Crippen molar-refractivity contribution in [1.29, 1.82) is 5.41 Å². The number of halogens is 8. The molecule has 1 aliphatic heterocycles. The molecule has 1 saturated heterocycles. The van der Waals surface area contributed by atoms with Gasteiger partial charge in [0.15, 0.2) is 17.5 Å². The van der Waals surface area contributed by atoms with Gasteiger partial charge in [-0.25, -0.2) is 34.9 Å². The molecule has 12 rings (SSSR count). The highest BCUT2D eigenvalue weighted by Gasteiger charge is 2.52. The molecule has 3 aliphatic rings. The van der Waals surface area contributed by atoms with Crippen molar-refractivity contribution in [2.45, 2.75) is 124 Å². The van der Waals surface area contributed by atoms with E-state index in [2.05, 4.69) is 41.7 Å². The first-order valence-electron chi connectivity index (χ1n) is 35.1. The van der Waals surface area contributed by atoms with E-state index in [4.69, 9.17) is 126 Å². The van der Waals surface area contributed by atoms with Crippen LogP contribution in [0.5, 0.6) is 0 Å². The fourth-order valence-corrected chi connectivity index (χ4v) is 12.1. The summed E-state index contributed by atoms with van der Waals surface area (Å²) < 4.78 is 26.2. The lowest BCUT2D eigenvalue weighted by atomic mass is 9.99. The van der Waals surface area contributed by atoms with E-state index in [-0.39, 0.29) is 60.5 Å². The predicted molar refractivity (Wildman–Crippen MR) is 428 cm³/mol. The standard InChI is InChI=1S/C25H32ClN3O3.C17H16Cl2N2O2.C15H14Cl2N2O2.C15H15ClN2O3.C7H7ClN2.ClH/c1-3-15-32-21-9-13-29(14-10-21)22-16-20(17-25(11-12-25)24(30)31-4-2)27-23(28-22)18-5-7-19(26)8-6-18;1-2-23-16(22)17(7-8-17)10-13-9-14(19)21-15(20-13)11-3-5-12(18)6-4-11;1-2-21-14(20)8-7-12-9-13(17)19-15(18-12)10-3-5-11(16)6-4-10;1-2-21-14(20)8-7-12-9-13(19)18-15(17-12)10-3-5-11(16)6-4-10;8-6-3-1-5(2-4-6)7(9)10;/h5-8,16,21H,3-4,9-15,17H2,1-2H3;3-6,9H,2,7-8,10H2,1H3;3-6,9H,2,7-8H2,1H3;3-6,9H,2,7-8H2,1H3,(H,17,18,19);1-4H,(H3,9,10);1H. The molecule has 0 spiro atoms. The zero-order valence-corrected chi connectivity index (χ0v) is 66.5. The summed E-state index contributed by atoms with van der Waals surface area (Å²) in [5.74, 6) is 2.33. The number of H-pyrrole nitrogens is 1. The van der Waals surface area contributed by atoms with Crippen LogP contribution in [0.15, 0.2) is 150 Å². The summed E-state index contributed by atoms with van der Waals surface area (Å²) in [7, 11) is 0. The number of nitrogens with zero attached hydrogens (tertiary/aromatic N) is 8. The molecule has 572 valence electrons. The van der Waals surface area contributed by atoms with Crippen molar-refractivity contribution in [1.82, 2.24) is 39.9 Å². The Morgan fingerprint density at radius 3 is 1.26 bits per heavy atom. The van der Waals surface area contributed by atoms with Crippen molar-refractivity contribution in [3.8, 4) is 45.6 Å². The molecule has 29 heteroatoms. The number of esters is 4. The summed E-state index contributed by atoms with van der Waals surface area (Å²) in [6.45, 7) is 13.5. The van der Waals surface area contributed by atoms with Crippen LogP contribution in [0.25, 0.3) is 45.6 Å². The molecule has 4 N–H and O–H groups in total. The molecule has 0 unspecified atom stereocenters. The molecule has 9 aromatic rings. The average Bonchev–Trinajstić information content (AvgIpc) is 1.62. The van der Waals surface area contributed by atoms with Crippen LogP contribution in [-0.2, 0) is 68.5 Å². The van der Waals surface area contributed by atoms with Gasteiger partial charge in [-0.3, -0.25) is 29.4 Å². The molecule has 5 heterocycles. The number of piperidine rings is 1. The second kappa shape index (κ2) is 43.1. The van der Waals surface area contributed by atoms with Crippen LogP contribution in [0, 0.1) is 16.2 Å². The molecule has 3 fully saturated rings. The minimum atomic E-state index is -0.440. The van der Waals surface area contributed by atoms with E-state index in [1.165, 1.54) is 6.07 Å². The highest BCUT2D eigenvalue weighted by Crippen LogP contribution is 2.50. The van der Waals surface area contributed by atoms with E-state index >= 15 is 0 Å². The van der Waals surface area contributed by atoms with E-state index in [1.807, 2.05) is 68.4 Å². The zero-order chi connectivity index (χ0) is 77.0. The zero-order valence-electron chi connectivity index (χ0n) is 60.4. The molecule has 21 nitrogen and oxygen atoms in total. The Kier molecular flexibility index (Phi) is 34.7. The third kappa shape index (κ3) is 27.6. The normalized spacial score (nSPS) is 13.5. The van der Waals surface area contributed by atoms with Crippen LogP contribution in [-0.4, -0.2) is 122 Å². The molecule has 0 bridgehead atoms. The number of nitrogens with two attached hydrogens (primary N) is 1. The van der Waals surface area contributed by atoms with Gasteiger partial charge in [0, 0.05) is 133 Å². The number of carbonyl (C=O) groups is 4. The number of nitrogen functional groups attached to an aromatic ring is 1. The number of hydrogen-bond donors (Lipinski definition) is 3. The van der Waals surface area contributed by atoms with Crippen molar-refractivity contribution in [2.24, 2.45) is 16.6 Å². The van der Waals surface area contributed by atoms with Crippen molar-refractivity contribution >= 4 is 129 Å². The third-order valence-corrected chi connectivity index (χ3v) is 18.6. The Morgan fingerprint density at radius 1 is 0.491 bits per heavy atom. The average molecular weight is 1630 g/mol. The third-order valence-electron chi connectivity index (χ3n) is 16.9. The lowest BCUT2D eigenvalue weighted by Gasteiger charge is -2.33. The number of rotatable bonds is 25. The van der Waals surface area contributed by atoms with Crippen LogP contribution in [0.2, 0.25) is 35.4 Å². The van der Waals surface area contributed by atoms with Crippen LogP contribution in [0.4, 0.5) is 5.82 Å². The molecule has 108 heavy (non-hydrogen) atoms. The first kappa shape index (κ1) is 86.9. The van der Waals surface area contributed by atoms with Crippen LogP contribution >= 0.6 is 93.6 Å². The Hall–Kier alpha value is -8.35. The van der Waals surface area contributed by atoms with Gasteiger partial charge >= 0.3 is 23.9 Å². The molecular weight excluding hydrogens is 1550 g/mol. The Morgan fingerprint density at radius 2 is 0.861 bits per heavy atom. The van der Waals surface area contributed by atoms with E-state index in [0.717, 1.165) is 104 Å². The lowest BCUT2D eigenvalue weighted by Crippen LogP contribution is -2.37. The monoisotopic (exact) mass is 1630 g/mol. The number of benzene rings is 5. The Labute approximate surface area is 669 Å². The number of amidine groups is 1. The summed E-state index contributed by atoms with van der Waals surface area (Å²) >= 11 is 41.4. The molecular formula is C79H85Cl8N11O10. The SMILES string of the molecule is CCCOC1CCN(c2cc(CC3(C(=O)OCC)CC3)nc(-c3ccc(Cl)cc3)n2)CC1.CCOC(=O)C1(Cc2cc(Cl)nc(-c3ccc(Cl)cc3)n2)CC1.CCOC(=O)CCc1cc(=O)[nH]c(-c2ccc(Cl)cc2)n1.CCOC(=O)CCc1cc(Cl)nc(-c2ccc(Cl)cc2)n1.Cl.N=C(N)c1ccc(Cl)cc1. The summed E-state index contributed by atoms with van der Waals surface area (Å²) in [5.41, 5.74) is 11.0. The predicted octanol–water partition coefficient (Wildman–Crippen LogP) is 18.0. The van der Waals surface area contributed by atoms with Gasteiger partial charge in [-0.05, 0) is 206 Å². The molecule has 0 amide bonds. The van der Waals surface area contributed by atoms with E-state index < -0.39 is 10.8 Å². The second-order valence-corrected chi connectivity index (χ2v) is 28.1. The number of anilines is 1. The molecule has 5 aromatic carbocycles. The maximum absolute atomic E-state index is 12.5. The number of carbonyl (C=O) groups excluding carboxylic acids is 4. The van der Waals surface area contributed by atoms with Crippen molar-refractivity contribution in [3.63, 3.8) is 0 Å². The number of aryl methyl sites for hydroxylation is 2. The summed E-state index contributed by atoms with van der Waals surface area (Å²) in [5, 5.41) is 11.0. The van der Waals surface area contributed by atoms with Gasteiger partial charge < -0.3 is 39.3 Å². The summed E-state index contributed by atoms with van der Waals surface area (Å²) in [6.07, 6.45) is 9.08. The van der Waals surface area contributed by atoms with Crippen molar-refractivity contribution in [2.75, 3.05) is 51.0 Å². The van der Waals surface area contributed by atoms with Crippen LogP contribution < -0.4 is 16.2 Å². The fraction of sp³-hybridized carbons (Fsp3) is 0.354. The fourth-order valence-electron chi connectivity index (χ4n) is 11.0. The second-order valence-electron chi connectivity index (χ2n) is 25.1. The van der Waals surface area contributed by atoms with Gasteiger partial charge in [0.05, 0.1) is 56.2 Å². The Bertz CT molecular complexity index is 4490. The molecule has 2 aliphatic carbocycles. The van der Waals surface area contributed by atoms with E-state index in [0.29, 0.717) is 134 Å². The van der Waals surface area contributed by atoms with Gasteiger partial charge in [0.2, 0.25) is 0 Å². The molecule has 0 radical (unpaired) electrons. The number of nitrogens with one attached hydrogen (secondary N) is 2. The van der Waals surface area contributed by atoms with Crippen LogP contribution in [0.1, 0.15) is 121 Å². The van der Waals surface area contributed by atoms with Gasteiger partial charge in [0.25, 0.3) is 5.56 Å². The van der Waals surface area contributed by atoms with E-state index in [9.17, 15) is 24.0 Å². The quantitative estimate of drug-likeness (QED) is 0.0157. The highest BCUT2D eigenvalue weighted by molar-refractivity contribution is 6.32. The summed E-state index contributed by atoms with van der Waals surface area (Å²) in [6, 6.07) is 42.6. The minimum absolute atomic E-state index is 0.